The zero-order valence-corrected chi connectivity index (χ0v) is 12.4. The third-order valence-corrected chi connectivity index (χ3v) is 3.05. The molecule has 0 radical (unpaired) electrons. The van der Waals surface area contributed by atoms with Crippen LogP contribution in [0.3, 0.4) is 0 Å². The molecule has 0 saturated heterocycles. The first-order chi connectivity index (χ1) is 11.2. The lowest BCUT2D eigenvalue weighted by atomic mass is 10.2. The van der Waals surface area contributed by atoms with E-state index in [1.807, 2.05) is 0 Å². The fraction of sp³-hybridized carbons (Fsp3) is 0.200. The fourth-order valence-electron chi connectivity index (χ4n) is 1.93. The van der Waals surface area contributed by atoms with Crippen LogP contribution in [-0.2, 0) is 17.4 Å². The summed E-state index contributed by atoms with van der Waals surface area (Å²) in [6.45, 7) is 1.46. The molecular formula is C15H12F3N3O3. The van der Waals surface area contributed by atoms with Crippen molar-refractivity contribution >= 4 is 17.6 Å². The van der Waals surface area contributed by atoms with Gasteiger partial charge in [0.05, 0.1) is 23.2 Å². The topological polar surface area (TPSA) is 92.2 Å². The molecule has 0 aliphatic carbocycles. The van der Waals surface area contributed by atoms with Crippen LogP contribution in [-0.4, -0.2) is 27.0 Å². The number of rotatable bonds is 4. The lowest BCUT2D eigenvalue weighted by molar-refractivity contribution is -0.137. The van der Waals surface area contributed by atoms with Crippen molar-refractivity contribution in [3.63, 3.8) is 0 Å². The van der Waals surface area contributed by atoms with Gasteiger partial charge in [-0.3, -0.25) is 4.79 Å². The number of halogens is 3. The quantitative estimate of drug-likeness (QED) is 0.893. The molecule has 9 heteroatoms. The van der Waals surface area contributed by atoms with Crippen molar-refractivity contribution in [3.8, 4) is 0 Å². The minimum atomic E-state index is -4.51. The molecular weight excluding hydrogens is 327 g/mol. The summed E-state index contributed by atoms with van der Waals surface area (Å²) in [4.78, 5) is 30.4. The van der Waals surface area contributed by atoms with Crippen LogP contribution in [0.2, 0.25) is 0 Å². The molecule has 0 unspecified atom stereocenters. The van der Waals surface area contributed by atoms with E-state index < -0.39 is 23.6 Å². The van der Waals surface area contributed by atoms with Crippen molar-refractivity contribution in [2.45, 2.75) is 19.5 Å². The second-order valence-electron chi connectivity index (χ2n) is 4.89. The number of hydrogen-bond donors (Lipinski definition) is 2. The third kappa shape index (κ3) is 4.28. The first kappa shape index (κ1) is 17.4. The van der Waals surface area contributed by atoms with Gasteiger partial charge >= 0.3 is 12.1 Å². The summed E-state index contributed by atoms with van der Waals surface area (Å²) in [5, 5.41) is 11.2. The zero-order valence-electron chi connectivity index (χ0n) is 12.4. The van der Waals surface area contributed by atoms with E-state index in [9.17, 15) is 22.8 Å². The number of carboxylic acids is 1. The molecule has 0 fully saturated rings. The van der Waals surface area contributed by atoms with Gasteiger partial charge in [-0.2, -0.15) is 13.2 Å². The molecule has 0 aliphatic rings. The zero-order chi connectivity index (χ0) is 17.9. The maximum absolute atomic E-state index is 12.6. The predicted molar refractivity (Wildman–Crippen MR) is 77.5 cm³/mol. The van der Waals surface area contributed by atoms with Gasteiger partial charge in [0.2, 0.25) is 5.91 Å². The first-order valence-electron chi connectivity index (χ1n) is 6.69. The van der Waals surface area contributed by atoms with Crippen LogP contribution in [0, 0.1) is 6.92 Å². The Bertz CT molecular complexity index is 791. The van der Waals surface area contributed by atoms with E-state index in [4.69, 9.17) is 5.11 Å². The van der Waals surface area contributed by atoms with Gasteiger partial charge in [0.15, 0.2) is 0 Å². The van der Waals surface area contributed by atoms with E-state index in [1.54, 1.807) is 0 Å². The summed E-state index contributed by atoms with van der Waals surface area (Å²) in [6, 6.07) is 4.22. The number of amides is 1. The molecule has 24 heavy (non-hydrogen) atoms. The van der Waals surface area contributed by atoms with Gasteiger partial charge in [-0.15, -0.1) is 0 Å². The van der Waals surface area contributed by atoms with Crippen LogP contribution in [0.4, 0.5) is 18.9 Å². The van der Waals surface area contributed by atoms with Crippen molar-refractivity contribution in [2.24, 2.45) is 0 Å². The molecule has 1 heterocycles. The molecule has 1 amide bonds. The molecule has 126 valence electrons. The van der Waals surface area contributed by atoms with Crippen molar-refractivity contribution in [1.82, 2.24) is 9.97 Å². The average molecular weight is 339 g/mol. The van der Waals surface area contributed by atoms with Gasteiger partial charge < -0.3 is 10.4 Å². The van der Waals surface area contributed by atoms with E-state index in [0.29, 0.717) is 0 Å². The van der Waals surface area contributed by atoms with Gasteiger partial charge in [-0.25, -0.2) is 14.8 Å². The summed E-state index contributed by atoms with van der Waals surface area (Å²) >= 11 is 0. The van der Waals surface area contributed by atoms with Crippen LogP contribution < -0.4 is 5.32 Å². The van der Waals surface area contributed by atoms with Crippen LogP contribution in [0.5, 0.6) is 0 Å². The molecule has 2 aromatic rings. The van der Waals surface area contributed by atoms with Gasteiger partial charge in [0.1, 0.15) is 5.82 Å². The summed E-state index contributed by atoms with van der Waals surface area (Å²) in [5.41, 5.74) is -0.775. The van der Waals surface area contributed by atoms with E-state index in [2.05, 4.69) is 15.3 Å². The Hall–Kier alpha value is -2.97. The summed E-state index contributed by atoms with van der Waals surface area (Å²) in [5.74, 6) is -1.73. The van der Waals surface area contributed by atoms with Gasteiger partial charge in [0.25, 0.3) is 0 Å². The van der Waals surface area contributed by atoms with E-state index in [1.165, 1.54) is 19.1 Å². The number of nitrogens with one attached hydrogen (secondary N) is 1. The number of aromatic carboxylic acids is 1. The maximum Gasteiger partial charge on any atom is 0.416 e. The molecule has 2 rings (SSSR count). The number of anilines is 1. The van der Waals surface area contributed by atoms with Crippen LogP contribution in [0.15, 0.2) is 30.5 Å². The highest BCUT2D eigenvalue weighted by molar-refractivity contribution is 5.92. The summed E-state index contributed by atoms with van der Waals surface area (Å²) in [6.07, 6.45) is -3.72. The first-order valence-corrected chi connectivity index (χ1v) is 6.69. The number of aromatic nitrogens is 2. The van der Waals surface area contributed by atoms with E-state index in [0.717, 1.165) is 18.3 Å². The minimum absolute atomic E-state index is 0.00583. The van der Waals surface area contributed by atoms with E-state index in [-0.39, 0.29) is 29.2 Å². The highest BCUT2D eigenvalue weighted by Crippen LogP contribution is 2.30. The van der Waals surface area contributed by atoms with Gasteiger partial charge in [-0.05, 0) is 25.1 Å². The highest BCUT2D eigenvalue weighted by Gasteiger charge is 2.30. The summed E-state index contributed by atoms with van der Waals surface area (Å²) in [7, 11) is 0. The Kier molecular flexibility index (Phi) is 4.82. The van der Waals surface area contributed by atoms with Crippen LogP contribution >= 0.6 is 0 Å². The number of nitrogens with zero attached hydrogens (tertiary/aromatic N) is 2. The lowest BCUT2D eigenvalue weighted by Crippen LogP contribution is -2.17. The summed E-state index contributed by atoms with van der Waals surface area (Å²) < 4.78 is 37.9. The molecule has 6 nitrogen and oxygen atoms in total. The highest BCUT2D eigenvalue weighted by atomic mass is 19.4. The smallest absolute Gasteiger partial charge is 0.416 e. The standard InChI is InChI=1S/C15H12F3N3O3/c1-8-11(14(23)24)7-19-12(20-8)6-13(22)21-10-4-2-3-9(5-10)15(16,17)18/h2-5,7H,6H2,1H3,(H,21,22)(H,23,24). The molecule has 0 saturated carbocycles. The fourth-order valence-corrected chi connectivity index (χ4v) is 1.93. The molecule has 0 spiro atoms. The Morgan fingerprint density at radius 2 is 2.00 bits per heavy atom. The van der Waals surface area contributed by atoms with Crippen LogP contribution in [0.1, 0.15) is 27.4 Å². The Morgan fingerprint density at radius 1 is 1.29 bits per heavy atom. The molecule has 1 aromatic heterocycles. The predicted octanol–water partition coefficient (Wildman–Crippen LogP) is 2.68. The van der Waals surface area contributed by atoms with Crippen molar-refractivity contribution < 1.29 is 27.9 Å². The van der Waals surface area contributed by atoms with Crippen molar-refractivity contribution in [3.05, 3.63) is 53.1 Å². The van der Waals surface area contributed by atoms with Gasteiger partial charge in [0, 0.05) is 11.9 Å². The average Bonchev–Trinajstić information content (AvgIpc) is 2.46. The largest absolute Gasteiger partial charge is 0.478 e. The Labute approximate surface area is 134 Å². The van der Waals surface area contributed by atoms with Gasteiger partial charge in [-0.1, -0.05) is 6.07 Å². The number of benzene rings is 1. The van der Waals surface area contributed by atoms with E-state index >= 15 is 0 Å². The van der Waals surface area contributed by atoms with Crippen LogP contribution in [0.25, 0.3) is 0 Å². The minimum Gasteiger partial charge on any atom is -0.478 e. The maximum atomic E-state index is 12.6. The second kappa shape index (κ2) is 6.65. The monoisotopic (exact) mass is 339 g/mol. The number of alkyl halides is 3. The second-order valence-corrected chi connectivity index (χ2v) is 4.89. The SMILES string of the molecule is Cc1nc(CC(=O)Nc2cccc(C(F)(F)F)c2)ncc1C(=O)O. The third-order valence-electron chi connectivity index (χ3n) is 3.05. The lowest BCUT2D eigenvalue weighted by Gasteiger charge is -2.10. The Balaban J connectivity index is 2.09. The number of carbonyl (C=O) groups is 2. The van der Waals surface area contributed by atoms with Crippen molar-refractivity contribution in [2.75, 3.05) is 5.32 Å². The number of carbonyl (C=O) groups excluding carboxylic acids is 1. The molecule has 0 aliphatic heterocycles. The molecule has 2 N–H and O–H groups in total. The number of carboxylic acid groups (broad SMARTS) is 1. The molecule has 1 aromatic carbocycles. The molecule has 0 atom stereocenters. The normalized spacial score (nSPS) is 11.2. The number of hydrogen-bond acceptors (Lipinski definition) is 4. The molecule has 0 bridgehead atoms. The van der Waals surface area contributed by atoms with Crippen molar-refractivity contribution in [1.29, 1.82) is 0 Å². The Morgan fingerprint density at radius 3 is 2.58 bits per heavy atom. The number of aryl methyl sites for hydroxylation is 1.